The maximum atomic E-state index is 4.69. The lowest BCUT2D eigenvalue weighted by Gasteiger charge is -2.27. The summed E-state index contributed by atoms with van der Waals surface area (Å²) in [6, 6.07) is 4.57. The van der Waals surface area contributed by atoms with Crippen LogP contribution in [-0.4, -0.2) is 28.0 Å². The van der Waals surface area contributed by atoms with E-state index in [1.807, 2.05) is 0 Å². The number of rotatable bonds is 2. The van der Waals surface area contributed by atoms with Crippen molar-refractivity contribution in [1.82, 2.24) is 14.9 Å². The molecular weight excluding hydrogens is 222 g/mol. The van der Waals surface area contributed by atoms with E-state index in [1.54, 1.807) is 0 Å². The molecule has 0 saturated carbocycles. The van der Waals surface area contributed by atoms with E-state index < -0.39 is 0 Å². The van der Waals surface area contributed by atoms with Gasteiger partial charge in [-0.3, -0.25) is 4.90 Å². The van der Waals surface area contributed by atoms with Crippen LogP contribution in [0.1, 0.15) is 43.6 Å². The first-order chi connectivity index (χ1) is 8.67. The highest BCUT2D eigenvalue weighted by molar-refractivity contribution is 5.77. The van der Waals surface area contributed by atoms with E-state index in [2.05, 4.69) is 42.8 Å². The lowest BCUT2D eigenvalue weighted by molar-refractivity contribution is 0.268. The standard InChI is InChI=1S/C15H21N3/c1-4-18-6-5-11-7-13-14(8-12(11)9-18)17-15(16-13)10(2)3/h7-8,10H,4-6,9H2,1-3H3,(H,16,17). The Morgan fingerprint density at radius 2 is 2.17 bits per heavy atom. The summed E-state index contributed by atoms with van der Waals surface area (Å²) < 4.78 is 0. The molecular formula is C15H21N3. The number of aromatic amines is 1. The quantitative estimate of drug-likeness (QED) is 0.879. The molecule has 0 radical (unpaired) electrons. The number of likely N-dealkylation sites (N-methyl/N-ethyl adjacent to an activating group) is 1. The number of H-pyrrole nitrogens is 1. The Labute approximate surface area is 108 Å². The van der Waals surface area contributed by atoms with Crippen LogP contribution < -0.4 is 0 Å². The second-order valence-electron chi connectivity index (χ2n) is 5.53. The summed E-state index contributed by atoms with van der Waals surface area (Å²) in [6.45, 7) is 9.98. The molecule has 1 aliphatic heterocycles. The molecule has 0 spiro atoms. The number of fused-ring (bicyclic) bond motifs is 2. The van der Waals surface area contributed by atoms with Crippen LogP contribution in [0.3, 0.4) is 0 Å². The summed E-state index contributed by atoms with van der Waals surface area (Å²) >= 11 is 0. The van der Waals surface area contributed by atoms with Gasteiger partial charge in [-0.15, -0.1) is 0 Å². The minimum absolute atomic E-state index is 0.460. The molecule has 3 nitrogen and oxygen atoms in total. The molecule has 1 aromatic carbocycles. The molecule has 2 aromatic rings. The maximum absolute atomic E-state index is 4.69. The van der Waals surface area contributed by atoms with E-state index in [0.717, 1.165) is 30.9 Å². The van der Waals surface area contributed by atoms with Gasteiger partial charge in [0.1, 0.15) is 5.82 Å². The Morgan fingerprint density at radius 3 is 2.89 bits per heavy atom. The number of hydrogen-bond donors (Lipinski definition) is 1. The fourth-order valence-corrected chi connectivity index (χ4v) is 2.69. The predicted octanol–water partition coefficient (Wildman–Crippen LogP) is 3.06. The van der Waals surface area contributed by atoms with Crippen LogP contribution >= 0.6 is 0 Å². The highest BCUT2D eigenvalue weighted by atomic mass is 15.1. The Bertz CT molecular complexity index is 568. The molecule has 0 bridgehead atoms. The van der Waals surface area contributed by atoms with E-state index in [0.29, 0.717) is 5.92 Å². The Balaban J connectivity index is 2.05. The van der Waals surface area contributed by atoms with Gasteiger partial charge in [-0.25, -0.2) is 4.98 Å². The van der Waals surface area contributed by atoms with Crippen molar-refractivity contribution in [1.29, 1.82) is 0 Å². The molecule has 3 rings (SSSR count). The van der Waals surface area contributed by atoms with Crippen molar-refractivity contribution in [2.24, 2.45) is 0 Å². The summed E-state index contributed by atoms with van der Waals surface area (Å²) in [5.74, 6) is 1.56. The molecule has 1 aromatic heterocycles. The molecule has 0 unspecified atom stereocenters. The van der Waals surface area contributed by atoms with Gasteiger partial charge in [-0.2, -0.15) is 0 Å². The molecule has 1 aliphatic rings. The number of hydrogen-bond acceptors (Lipinski definition) is 2. The maximum Gasteiger partial charge on any atom is 0.109 e. The lowest BCUT2D eigenvalue weighted by Crippen LogP contribution is -2.30. The molecule has 0 amide bonds. The number of nitrogens with one attached hydrogen (secondary N) is 1. The van der Waals surface area contributed by atoms with Crippen LogP contribution in [0.25, 0.3) is 11.0 Å². The van der Waals surface area contributed by atoms with Crippen LogP contribution in [0.2, 0.25) is 0 Å². The first-order valence-electron chi connectivity index (χ1n) is 6.91. The van der Waals surface area contributed by atoms with E-state index >= 15 is 0 Å². The highest BCUT2D eigenvalue weighted by Crippen LogP contribution is 2.25. The van der Waals surface area contributed by atoms with Gasteiger partial charge in [0.25, 0.3) is 0 Å². The van der Waals surface area contributed by atoms with Crippen molar-refractivity contribution in [2.45, 2.75) is 39.7 Å². The largest absolute Gasteiger partial charge is 0.342 e. The minimum Gasteiger partial charge on any atom is -0.342 e. The molecule has 3 heteroatoms. The van der Waals surface area contributed by atoms with Crippen molar-refractivity contribution >= 4 is 11.0 Å². The van der Waals surface area contributed by atoms with Gasteiger partial charge in [0.05, 0.1) is 11.0 Å². The van der Waals surface area contributed by atoms with Gasteiger partial charge in [-0.1, -0.05) is 20.8 Å². The fourth-order valence-electron chi connectivity index (χ4n) is 2.69. The average molecular weight is 243 g/mol. The van der Waals surface area contributed by atoms with Crippen LogP contribution in [0.4, 0.5) is 0 Å². The molecule has 0 aliphatic carbocycles. The van der Waals surface area contributed by atoms with Crippen molar-refractivity contribution in [3.05, 3.63) is 29.1 Å². The van der Waals surface area contributed by atoms with Gasteiger partial charge in [0.15, 0.2) is 0 Å². The third-order valence-electron chi connectivity index (χ3n) is 3.91. The molecule has 18 heavy (non-hydrogen) atoms. The summed E-state index contributed by atoms with van der Waals surface area (Å²) in [5, 5.41) is 0. The Morgan fingerprint density at radius 1 is 1.33 bits per heavy atom. The molecule has 1 N–H and O–H groups in total. The molecule has 0 atom stereocenters. The Kier molecular flexibility index (Phi) is 2.86. The molecule has 0 fully saturated rings. The van der Waals surface area contributed by atoms with Crippen LogP contribution in [-0.2, 0) is 13.0 Å². The van der Waals surface area contributed by atoms with Crippen molar-refractivity contribution < 1.29 is 0 Å². The van der Waals surface area contributed by atoms with Gasteiger partial charge in [0.2, 0.25) is 0 Å². The number of nitrogens with zero attached hydrogens (tertiary/aromatic N) is 2. The van der Waals surface area contributed by atoms with Crippen molar-refractivity contribution in [3.63, 3.8) is 0 Å². The summed E-state index contributed by atoms with van der Waals surface area (Å²) in [7, 11) is 0. The lowest BCUT2D eigenvalue weighted by atomic mass is 9.99. The summed E-state index contributed by atoms with van der Waals surface area (Å²) in [6.07, 6.45) is 1.16. The van der Waals surface area contributed by atoms with Gasteiger partial charge < -0.3 is 4.98 Å². The predicted molar refractivity (Wildman–Crippen MR) is 74.8 cm³/mol. The highest BCUT2D eigenvalue weighted by Gasteiger charge is 2.17. The second kappa shape index (κ2) is 4.39. The first-order valence-corrected chi connectivity index (χ1v) is 6.91. The van der Waals surface area contributed by atoms with Gasteiger partial charge in [-0.05, 0) is 36.2 Å². The van der Waals surface area contributed by atoms with E-state index in [9.17, 15) is 0 Å². The number of aromatic nitrogens is 2. The fraction of sp³-hybridized carbons (Fsp3) is 0.533. The van der Waals surface area contributed by atoms with Crippen LogP contribution in [0.15, 0.2) is 12.1 Å². The third kappa shape index (κ3) is 1.93. The number of imidazole rings is 1. The molecule has 2 heterocycles. The minimum atomic E-state index is 0.460. The monoisotopic (exact) mass is 243 g/mol. The van der Waals surface area contributed by atoms with Crippen molar-refractivity contribution in [3.8, 4) is 0 Å². The molecule has 0 saturated heterocycles. The Hall–Kier alpha value is -1.35. The van der Waals surface area contributed by atoms with Gasteiger partial charge >= 0.3 is 0 Å². The third-order valence-corrected chi connectivity index (χ3v) is 3.91. The topological polar surface area (TPSA) is 31.9 Å². The smallest absolute Gasteiger partial charge is 0.109 e. The summed E-state index contributed by atoms with van der Waals surface area (Å²) in [5.41, 5.74) is 5.27. The zero-order chi connectivity index (χ0) is 12.7. The van der Waals surface area contributed by atoms with Gasteiger partial charge in [0, 0.05) is 19.0 Å². The SMILES string of the molecule is CCN1CCc2cc3nc(C(C)C)[nH]c3cc2C1. The normalized spacial score (nSPS) is 16.4. The second-order valence-corrected chi connectivity index (χ2v) is 5.53. The van der Waals surface area contributed by atoms with Crippen LogP contribution in [0, 0.1) is 0 Å². The van der Waals surface area contributed by atoms with Crippen molar-refractivity contribution in [2.75, 3.05) is 13.1 Å². The average Bonchev–Trinajstić information content (AvgIpc) is 2.78. The first kappa shape index (κ1) is 11.7. The molecule has 96 valence electrons. The van der Waals surface area contributed by atoms with E-state index in [-0.39, 0.29) is 0 Å². The summed E-state index contributed by atoms with van der Waals surface area (Å²) in [4.78, 5) is 10.6. The van der Waals surface area contributed by atoms with E-state index in [4.69, 9.17) is 4.98 Å². The number of benzene rings is 1. The zero-order valence-electron chi connectivity index (χ0n) is 11.5. The van der Waals surface area contributed by atoms with Crippen LogP contribution in [0.5, 0.6) is 0 Å². The van der Waals surface area contributed by atoms with E-state index in [1.165, 1.54) is 23.2 Å². The zero-order valence-corrected chi connectivity index (χ0v) is 11.5.